The third-order valence-corrected chi connectivity index (χ3v) is 5.83. The van der Waals surface area contributed by atoms with Gasteiger partial charge in [-0.25, -0.2) is 17.5 Å². The summed E-state index contributed by atoms with van der Waals surface area (Å²) in [6.07, 6.45) is 3.88. The van der Waals surface area contributed by atoms with Crippen LogP contribution in [0.4, 0.5) is 0 Å². The van der Waals surface area contributed by atoms with E-state index < -0.39 is 21.9 Å². The molecule has 7 nitrogen and oxygen atoms in total. The number of piperidine rings is 1. The number of hydrogen-bond acceptors (Lipinski definition) is 5. The number of sulfonamides is 1. The number of nitrogens with zero attached hydrogens (tertiary/aromatic N) is 2. The fourth-order valence-electron chi connectivity index (χ4n) is 3.28. The first-order valence-corrected chi connectivity index (χ1v) is 9.85. The lowest BCUT2D eigenvalue weighted by Crippen LogP contribution is -2.42. The molecule has 0 radical (unpaired) electrons. The number of carbonyl (C=O) groups is 2. The second-order valence-electron chi connectivity index (χ2n) is 6.22. The smallest absolute Gasteiger partial charge is 0.340 e. The summed E-state index contributed by atoms with van der Waals surface area (Å²) in [5.74, 6) is -1.16. The van der Waals surface area contributed by atoms with Crippen molar-refractivity contribution in [3.63, 3.8) is 0 Å². The maximum Gasteiger partial charge on any atom is 0.340 e. The van der Waals surface area contributed by atoms with Crippen LogP contribution in [-0.2, 0) is 14.8 Å². The van der Waals surface area contributed by atoms with Crippen LogP contribution < -0.4 is 0 Å². The lowest BCUT2D eigenvalue weighted by atomic mass is 9.98. The van der Waals surface area contributed by atoms with E-state index in [0.717, 1.165) is 6.26 Å². The molecular formula is C17H20N2O5S. The first-order valence-electron chi connectivity index (χ1n) is 8.00. The first kappa shape index (κ1) is 17.6. The summed E-state index contributed by atoms with van der Waals surface area (Å²) in [6, 6.07) is 7.10. The molecule has 0 amide bonds. The predicted molar refractivity (Wildman–Crippen MR) is 93.0 cm³/mol. The summed E-state index contributed by atoms with van der Waals surface area (Å²) in [4.78, 5) is 25.0. The van der Waals surface area contributed by atoms with Gasteiger partial charge in [0, 0.05) is 24.7 Å². The van der Waals surface area contributed by atoms with Crippen molar-refractivity contribution in [3.05, 3.63) is 36.0 Å². The standard InChI is InChI=1S/C17H20N2O5S/c1-24-17(21)14-11-19(15-8-4-3-7-13(14)15)16(20)12-6-5-9-18(10-12)25(2,22)23/h3-4,7-8,11-12H,5-6,9-10H2,1-2H3/t12-/m1/s1. The number of fused-ring (bicyclic) bond motifs is 1. The van der Waals surface area contributed by atoms with Crippen molar-refractivity contribution < 1.29 is 22.7 Å². The molecule has 1 aromatic heterocycles. The average molecular weight is 364 g/mol. The zero-order chi connectivity index (χ0) is 18.2. The molecule has 1 aromatic carbocycles. The normalized spacial score (nSPS) is 19.0. The van der Waals surface area contributed by atoms with Gasteiger partial charge in [0.2, 0.25) is 15.9 Å². The van der Waals surface area contributed by atoms with Gasteiger partial charge in [-0.2, -0.15) is 0 Å². The minimum Gasteiger partial charge on any atom is -0.465 e. The zero-order valence-corrected chi connectivity index (χ0v) is 15.0. The molecule has 1 aliphatic rings. The quantitative estimate of drug-likeness (QED) is 0.775. The van der Waals surface area contributed by atoms with Gasteiger partial charge < -0.3 is 4.74 Å². The van der Waals surface area contributed by atoms with Gasteiger partial charge in [-0.3, -0.25) is 9.36 Å². The number of methoxy groups -OCH3 is 1. The Kier molecular flexibility index (Phi) is 4.66. The Morgan fingerprint density at radius 3 is 2.64 bits per heavy atom. The van der Waals surface area contributed by atoms with Crippen LogP contribution in [0.15, 0.2) is 30.5 Å². The highest BCUT2D eigenvalue weighted by molar-refractivity contribution is 7.88. The Labute approximate surface area is 146 Å². The molecule has 25 heavy (non-hydrogen) atoms. The maximum atomic E-state index is 13.0. The second kappa shape index (κ2) is 6.61. The van der Waals surface area contributed by atoms with Gasteiger partial charge in [0.05, 0.1) is 30.4 Å². The molecule has 8 heteroatoms. The summed E-state index contributed by atoms with van der Waals surface area (Å²) in [7, 11) is -2.04. The van der Waals surface area contributed by atoms with Crippen LogP contribution in [0.1, 0.15) is 28.0 Å². The van der Waals surface area contributed by atoms with Crippen LogP contribution in [0.3, 0.4) is 0 Å². The average Bonchev–Trinajstić information content (AvgIpc) is 2.99. The Hall–Kier alpha value is -2.19. The van der Waals surface area contributed by atoms with Gasteiger partial charge in [0.15, 0.2) is 0 Å². The second-order valence-corrected chi connectivity index (χ2v) is 8.20. The molecule has 0 N–H and O–H groups in total. The van der Waals surface area contributed by atoms with E-state index in [9.17, 15) is 18.0 Å². The van der Waals surface area contributed by atoms with Crippen LogP contribution >= 0.6 is 0 Å². The molecule has 0 spiro atoms. The van der Waals surface area contributed by atoms with Crippen LogP contribution in [0.25, 0.3) is 10.9 Å². The molecule has 134 valence electrons. The van der Waals surface area contributed by atoms with Crippen molar-refractivity contribution in [1.29, 1.82) is 0 Å². The monoisotopic (exact) mass is 364 g/mol. The third kappa shape index (κ3) is 3.32. The Balaban J connectivity index is 1.99. The predicted octanol–water partition coefficient (Wildman–Crippen LogP) is 1.74. The van der Waals surface area contributed by atoms with Gasteiger partial charge >= 0.3 is 5.97 Å². The molecule has 0 unspecified atom stereocenters. The van der Waals surface area contributed by atoms with Crippen molar-refractivity contribution in [1.82, 2.24) is 8.87 Å². The topological polar surface area (TPSA) is 85.7 Å². The van der Waals surface area contributed by atoms with Crippen LogP contribution in [0.2, 0.25) is 0 Å². The van der Waals surface area contributed by atoms with Gasteiger partial charge in [0.1, 0.15) is 0 Å². The van der Waals surface area contributed by atoms with Gasteiger partial charge in [0.25, 0.3) is 0 Å². The van der Waals surface area contributed by atoms with E-state index in [1.807, 2.05) is 0 Å². The molecule has 1 fully saturated rings. The lowest BCUT2D eigenvalue weighted by Gasteiger charge is -2.30. The minimum atomic E-state index is -3.33. The van der Waals surface area contributed by atoms with E-state index in [4.69, 9.17) is 4.74 Å². The highest BCUT2D eigenvalue weighted by atomic mass is 32.2. The van der Waals surface area contributed by atoms with Crippen molar-refractivity contribution >= 4 is 32.8 Å². The Bertz CT molecular complexity index is 932. The lowest BCUT2D eigenvalue weighted by molar-refractivity contribution is 0.0603. The molecule has 1 saturated heterocycles. The van der Waals surface area contributed by atoms with Crippen molar-refractivity contribution in [2.24, 2.45) is 5.92 Å². The van der Waals surface area contributed by atoms with E-state index in [1.54, 1.807) is 24.3 Å². The van der Waals surface area contributed by atoms with E-state index in [1.165, 1.54) is 22.2 Å². The van der Waals surface area contributed by atoms with E-state index in [2.05, 4.69) is 0 Å². The van der Waals surface area contributed by atoms with E-state index >= 15 is 0 Å². The van der Waals surface area contributed by atoms with Crippen molar-refractivity contribution in [3.8, 4) is 0 Å². The molecule has 0 saturated carbocycles. The number of esters is 1. The summed E-state index contributed by atoms with van der Waals surface area (Å²) < 4.78 is 31.1. The summed E-state index contributed by atoms with van der Waals surface area (Å²) in [5.41, 5.74) is 0.937. The highest BCUT2D eigenvalue weighted by Crippen LogP contribution is 2.26. The summed E-state index contributed by atoms with van der Waals surface area (Å²) >= 11 is 0. The number of benzene rings is 1. The van der Waals surface area contributed by atoms with E-state index in [0.29, 0.717) is 35.9 Å². The number of para-hydroxylation sites is 1. The number of ether oxygens (including phenoxy) is 1. The molecule has 0 bridgehead atoms. The van der Waals surface area contributed by atoms with Crippen molar-refractivity contribution in [2.45, 2.75) is 12.8 Å². The SMILES string of the molecule is COC(=O)c1cn(C(=O)[C@@H]2CCCN(S(C)(=O)=O)C2)c2ccccc12. The molecule has 3 rings (SSSR count). The third-order valence-electron chi connectivity index (χ3n) is 4.56. The number of rotatable bonds is 3. The molecule has 2 heterocycles. The van der Waals surface area contributed by atoms with Crippen molar-refractivity contribution in [2.75, 3.05) is 26.5 Å². The Morgan fingerprint density at radius 2 is 1.96 bits per heavy atom. The van der Waals surface area contributed by atoms with Gasteiger partial charge in [-0.1, -0.05) is 18.2 Å². The van der Waals surface area contributed by atoms with Crippen LogP contribution in [-0.4, -0.2) is 55.6 Å². The van der Waals surface area contributed by atoms with Crippen LogP contribution in [0.5, 0.6) is 0 Å². The zero-order valence-electron chi connectivity index (χ0n) is 14.1. The van der Waals surface area contributed by atoms with Crippen LogP contribution in [0, 0.1) is 5.92 Å². The molecule has 1 atom stereocenters. The minimum absolute atomic E-state index is 0.164. The molecule has 0 aliphatic carbocycles. The van der Waals surface area contributed by atoms with E-state index in [-0.39, 0.29) is 12.5 Å². The molecular weight excluding hydrogens is 344 g/mol. The highest BCUT2D eigenvalue weighted by Gasteiger charge is 2.32. The Morgan fingerprint density at radius 1 is 1.24 bits per heavy atom. The van der Waals surface area contributed by atoms with Gasteiger partial charge in [-0.05, 0) is 18.9 Å². The molecule has 1 aliphatic heterocycles. The fourth-order valence-corrected chi connectivity index (χ4v) is 4.19. The first-order chi connectivity index (χ1) is 11.8. The maximum absolute atomic E-state index is 13.0. The number of carbonyl (C=O) groups excluding carboxylic acids is 2. The van der Waals surface area contributed by atoms with Gasteiger partial charge in [-0.15, -0.1) is 0 Å². The summed E-state index contributed by atoms with van der Waals surface area (Å²) in [5, 5.41) is 0.637. The largest absolute Gasteiger partial charge is 0.465 e. The molecule has 2 aromatic rings. The summed E-state index contributed by atoms with van der Waals surface area (Å²) in [6.45, 7) is 0.597. The fraction of sp³-hybridized carbons (Fsp3) is 0.412. The number of hydrogen-bond donors (Lipinski definition) is 0. The number of aromatic nitrogens is 1.